The minimum Gasteiger partial charge on any atom is -0.472 e. The quantitative estimate of drug-likeness (QED) is 0.369. The predicted molar refractivity (Wildman–Crippen MR) is 146 cm³/mol. The number of allylic oxidation sites excluding steroid dienone is 1. The number of likely N-dealkylation sites (tertiary alicyclic amines) is 1. The van der Waals surface area contributed by atoms with Gasteiger partial charge in [0.2, 0.25) is 11.8 Å². The van der Waals surface area contributed by atoms with E-state index < -0.39 is 17.3 Å². The Bertz CT molecular complexity index is 1490. The number of pyridine rings is 1. The Balaban J connectivity index is 0.996. The van der Waals surface area contributed by atoms with Gasteiger partial charge >= 0.3 is 6.18 Å². The van der Waals surface area contributed by atoms with Crippen LogP contribution in [0.3, 0.4) is 0 Å². The Morgan fingerprint density at radius 3 is 2.36 bits per heavy atom. The summed E-state index contributed by atoms with van der Waals surface area (Å²) >= 11 is 0. The summed E-state index contributed by atoms with van der Waals surface area (Å²) in [6, 6.07) is 10.5. The highest BCUT2D eigenvalue weighted by molar-refractivity contribution is 5.90. The van der Waals surface area contributed by atoms with Crippen molar-refractivity contribution in [3.8, 4) is 5.88 Å². The van der Waals surface area contributed by atoms with Gasteiger partial charge in [-0.2, -0.15) is 18.3 Å². The van der Waals surface area contributed by atoms with Gasteiger partial charge in [0.05, 0.1) is 16.8 Å². The molecule has 0 radical (unpaired) electrons. The van der Waals surface area contributed by atoms with E-state index >= 15 is 0 Å². The van der Waals surface area contributed by atoms with Crippen molar-refractivity contribution in [2.45, 2.75) is 44.5 Å². The summed E-state index contributed by atoms with van der Waals surface area (Å²) < 4.78 is 58.5. The minimum absolute atomic E-state index is 0.0353. The lowest BCUT2D eigenvalue weighted by atomic mass is 9.72. The number of hydrogen-bond donors (Lipinski definition) is 1. The summed E-state index contributed by atoms with van der Waals surface area (Å²) in [4.78, 5) is 20.8. The van der Waals surface area contributed by atoms with Crippen molar-refractivity contribution in [2.75, 3.05) is 31.1 Å². The van der Waals surface area contributed by atoms with Crippen LogP contribution in [0.4, 0.5) is 23.2 Å². The maximum atomic E-state index is 15.0. The molecular weight excluding hydrogens is 552 g/mol. The van der Waals surface area contributed by atoms with Crippen molar-refractivity contribution in [3.63, 3.8) is 0 Å². The van der Waals surface area contributed by atoms with Crippen LogP contribution in [0, 0.1) is 11.2 Å². The van der Waals surface area contributed by atoms with Gasteiger partial charge in [-0.1, -0.05) is 18.7 Å². The molecule has 1 spiro atoms. The first-order valence-electron chi connectivity index (χ1n) is 13.7. The molecule has 1 saturated carbocycles. The van der Waals surface area contributed by atoms with E-state index in [1.54, 1.807) is 18.2 Å². The summed E-state index contributed by atoms with van der Waals surface area (Å²) in [6.45, 7) is 9.71. The topological polar surface area (TPSA) is 83.5 Å². The first-order chi connectivity index (χ1) is 20.0. The summed E-state index contributed by atoms with van der Waals surface area (Å²) in [7, 11) is 0. The second-order valence-corrected chi connectivity index (χ2v) is 11.6. The SMILES string of the molecule is C=C(C)N1CC2(C1)CN(c1ccc(CNC(=O)C3(c4ccc(OCc5ccc(C(F)(F)F)nc5)nn4)CC3)cc1F)C2. The van der Waals surface area contributed by atoms with E-state index in [-0.39, 0.29) is 36.2 Å². The fraction of sp³-hybridized carbons (Fsp3) is 0.400. The highest BCUT2D eigenvalue weighted by Crippen LogP contribution is 2.48. The van der Waals surface area contributed by atoms with E-state index in [9.17, 15) is 22.4 Å². The van der Waals surface area contributed by atoms with E-state index in [4.69, 9.17) is 4.74 Å². The van der Waals surface area contributed by atoms with Crippen molar-refractivity contribution < 1.29 is 27.1 Å². The molecule has 0 unspecified atom stereocenters. The van der Waals surface area contributed by atoms with Crippen molar-refractivity contribution >= 4 is 11.6 Å². The molecule has 0 atom stereocenters. The summed E-state index contributed by atoms with van der Waals surface area (Å²) in [6.07, 6.45) is -2.19. The zero-order chi connectivity index (χ0) is 29.7. The highest BCUT2D eigenvalue weighted by atomic mass is 19.4. The maximum absolute atomic E-state index is 15.0. The first kappa shape index (κ1) is 27.9. The van der Waals surface area contributed by atoms with Gasteiger partial charge in [0.15, 0.2) is 0 Å². The Hall–Kier alpha value is -4.22. The third kappa shape index (κ3) is 5.37. The summed E-state index contributed by atoms with van der Waals surface area (Å²) in [5.74, 6) is -0.339. The second kappa shape index (κ2) is 10.2. The van der Waals surface area contributed by atoms with E-state index in [1.807, 2.05) is 13.0 Å². The number of aromatic nitrogens is 3. The number of benzene rings is 1. The fourth-order valence-corrected chi connectivity index (χ4v) is 5.65. The van der Waals surface area contributed by atoms with Gasteiger partial charge < -0.3 is 19.9 Å². The first-order valence-corrected chi connectivity index (χ1v) is 13.7. The zero-order valence-corrected chi connectivity index (χ0v) is 23.0. The molecule has 8 nitrogen and oxygen atoms in total. The number of nitrogens with one attached hydrogen (secondary N) is 1. The molecule has 3 aromatic rings. The van der Waals surface area contributed by atoms with Crippen molar-refractivity contribution in [1.82, 2.24) is 25.4 Å². The predicted octanol–water partition coefficient (Wildman–Crippen LogP) is 4.61. The molecule has 2 aliphatic heterocycles. The number of nitrogens with zero attached hydrogens (tertiary/aromatic N) is 5. The normalized spacial score (nSPS) is 18.2. The molecule has 220 valence electrons. The van der Waals surface area contributed by atoms with Crippen LogP contribution < -0.4 is 15.0 Å². The number of carbonyl (C=O) groups excluding carboxylic acids is 1. The number of rotatable bonds is 9. The molecular formula is C30H30F4N6O2. The average Bonchev–Trinajstić information content (AvgIpc) is 3.72. The maximum Gasteiger partial charge on any atom is 0.433 e. The average molecular weight is 583 g/mol. The monoisotopic (exact) mass is 582 g/mol. The molecule has 12 heteroatoms. The van der Waals surface area contributed by atoms with Gasteiger partial charge in [0.1, 0.15) is 18.1 Å². The van der Waals surface area contributed by atoms with Crippen LogP contribution in [0.1, 0.15) is 42.3 Å². The van der Waals surface area contributed by atoms with E-state index in [0.717, 1.165) is 44.1 Å². The summed E-state index contributed by atoms with van der Waals surface area (Å²) in [5, 5.41) is 11.1. The van der Waals surface area contributed by atoms with Crippen LogP contribution >= 0.6 is 0 Å². The molecule has 1 aromatic carbocycles. The van der Waals surface area contributed by atoms with Gasteiger partial charge in [0, 0.05) is 61.7 Å². The molecule has 2 saturated heterocycles. The third-order valence-electron chi connectivity index (χ3n) is 8.27. The van der Waals surface area contributed by atoms with Crippen LogP contribution in [0.15, 0.2) is 60.9 Å². The Morgan fingerprint density at radius 1 is 1.05 bits per heavy atom. The molecule has 0 bridgehead atoms. The van der Waals surface area contributed by atoms with Crippen molar-refractivity contribution in [3.05, 3.63) is 89.3 Å². The van der Waals surface area contributed by atoms with Crippen LogP contribution in [0.2, 0.25) is 0 Å². The van der Waals surface area contributed by atoms with Crippen LogP contribution in [0.25, 0.3) is 0 Å². The Morgan fingerprint density at radius 2 is 1.79 bits per heavy atom. The molecule has 42 heavy (non-hydrogen) atoms. The second-order valence-electron chi connectivity index (χ2n) is 11.6. The number of carbonyl (C=O) groups is 1. The van der Waals surface area contributed by atoms with Crippen LogP contribution in [-0.4, -0.2) is 52.2 Å². The third-order valence-corrected chi connectivity index (χ3v) is 8.27. The molecule has 1 N–H and O–H groups in total. The van der Waals surface area contributed by atoms with Crippen molar-refractivity contribution in [2.24, 2.45) is 5.41 Å². The molecule has 3 aliphatic rings. The Labute approximate surface area is 240 Å². The van der Waals surface area contributed by atoms with Gasteiger partial charge in [-0.15, -0.1) is 5.10 Å². The van der Waals surface area contributed by atoms with Crippen LogP contribution in [0.5, 0.6) is 5.88 Å². The molecule has 2 aromatic heterocycles. The fourth-order valence-electron chi connectivity index (χ4n) is 5.65. The van der Waals surface area contributed by atoms with E-state index in [2.05, 4.69) is 36.9 Å². The number of hydrogen-bond acceptors (Lipinski definition) is 7. The van der Waals surface area contributed by atoms with Gasteiger partial charge in [0.25, 0.3) is 0 Å². The number of halogens is 4. The van der Waals surface area contributed by atoms with Gasteiger partial charge in [-0.3, -0.25) is 9.78 Å². The smallest absolute Gasteiger partial charge is 0.433 e. The van der Waals surface area contributed by atoms with Gasteiger partial charge in [-0.25, -0.2) is 4.39 Å². The Kier molecular flexibility index (Phi) is 6.81. The number of amides is 1. The molecule has 3 fully saturated rings. The number of ether oxygens (including phenoxy) is 1. The number of anilines is 1. The summed E-state index contributed by atoms with van der Waals surface area (Å²) in [5.41, 5.74) is 1.71. The molecule has 4 heterocycles. The van der Waals surface area contributed by atoms with Gasteiger partial charge in [-0.05, 0) is 49.6 Å². The molecule has 1 aliphatic carbocycles. The van der Waals surface area contributed by atoms with Crippen LogP contribution in [-0.2, 0) is 29.5 Å². The van der Waals surface area contributed by atoms with Crippen molar-refractivity contribution in [1.29, 1.82) is 0 Å². The minimum atomic E-state index is -4.51. The van der Waals surface area contributed by atoms with E-state index in [0.29, 0.717) is 35.3 Å². The molecule has 6 rings (SSSR count). The lowest BCUT2D eigenvalue weighted by Gasteiger charge is -2.61. The molecule has 1 amide bonds. The standard InChI is InChI=1S/C30H30F4N6O2/c1-19(2)39-15-28(16-39)17-40(18-28)23-5-3-20(11-22(23)31)12-36-27(41)29(9-10-29)24-7-8-26(38-37-24)42-14-21-4-6-25(35-13-21)30(32,33)34/h3-8,11,13H,1,9-10,12,14-18H2,2H3,(H,36,41). The lowest BCUT2D eigenvalue weighted by molar-refractivity contribution is -0.141. The number of alkyl halides is 3. The zero-order valence-electron chi connectivity index (χ0n) is 23.0. The van der Waals surface area contributed by atoms with E-state index in [1.165, 1.54) is 12.1 Å². The highest BCUT2D eigenvalue weighted by Gasteiger charge is 2.53. The largest absolute Gasteiger partial charge is 0.472 e. The lowest BCUT2D eigenvalue weighted by Crippen LogP contribution is -2.71.